The minimum atomic E-state index is -1.56. The molecule has 3 N–H and O–H groups in total. The topological polar surface area (TPSA) is 109 Å². The standard InChI is InChI=1S/C9H10FN3O3/c10-8-5(2-1-3-6(8)14)9(16)7(15)4-12-13-11/h1-3,7,9,14-16H,4H2. The third-order valence-electron chi connectivity index (χ3n) is 2.02. The summed E-state index contributed by atoms with van der Waals surface area (Å²) in [5.74, 6) is -1.62. The zero-order valence-corrected chi connectivity index (χ0v) is 8.16. The van der Waals surface area contributed by atoms with Crippen molar-refractivity contribution in [2.75, 3.05) is 6.54 Å². The zero-order chi connectivity index (χ0) is 12.1. The molecule has 1 aromatic carbocycles. The van der Waals surface area contributed by atoms with Crippen molar-refractivity contribution in [1.82, 2.24) is 0 Å². The first kappa shape index (κ1) is 12.3. The van der Waals surface area contributed by atoms with Crippen LogP contribution in [0, 0.1) is 5.82 Å². The average Bonchev–Trinajstić information content (AvgIpc) is 2.28. The summed E-state index contributed by atoms with van der Waals surface area (Å²) in [5.41, 5.74) is 7.77. The Morgan fingerprint density at radius 3 is 2.75 bits per heavy atom. The first-order chi connectivity index (χ1) is 7.57. The molecular weight excluding hydrogens is 217 g/mol. The third-order valence-corrected chi connectivity index (χ3v) is 2.02. The molecule has 0 aliphatic carbocycles. The van der Waals surface area contributed by atoms with Crippen molar-refractivity contribution in [3.63, 3.8) is 0 Å². The van der Waals surface area contributed by atoms with Gasteiger partial charge < -0.3 is 15.3 Å². The molecule has 1 rings (SSSR count). The zero-order valence-electron chi connectivity index (χ0n) is 8.16. The van der Waals surface area contributed by atoms with Crippen molar-refractivity contribution in [2.45, 2.75) is 12.2 Å². The second kappa shape index (κ2) is 5.32. The highest BCUT2D eigenvalue weighted by atomic mass is 19.1. The highest BCUT2D eigenvalue weighted by Crippen LogP contribution is 2.26. The summed E-state index contributed by atoms with van der Waals surface area (Å²) in [6.07, 6.45) is -2.98. The SMILES string of the molecule is [N-]=[N+]=NCC(O)C(O)c1cccc(O)c1F. The van der Waals surface area contributed by atoms with E-state index < -0.39 is 23.8 Å². The molecule has 0 aromatic heterocycles. The van der Waals surface area contributed by atoms with Gasteiger partial charge in [0.15, 0.2) is 11.6 Å². The van der Waals surface area contributed by atoms with Crippen LogP contribution in [0.2, 0.25) is 0 Å². The molecule has 16 heavy (non-hydrogen) atoms. The molecule has 0 bridgehead atoms. The molecule has 2 unspecified atom stereocenters. The molecule has 0 radical (unpaired) electrons. The molecule has 0 amide bonds. The number of hydrogen-bond acceptors (Lipinski definition) is 4. The van der Waals surface area contributed by atoms with Crippen LogP contribution in [0.15, 0.2) is 23.3 Å². The van der Waals surface area contributed by atoms with Crippen LogP contribution in [0.25, 0.3) is 10.4 Å². The number of halogens is 1. The Balaban J connectivity index is 2.91. The molecule has 1 aromatic rings. The van der Waals surface area contributed by atoms with Crippen molar-refractivity contribution < 1.29 is 19.7 Å². The number of azide groups is 1. The van der Waals surface area contributed by atoms with Gasteiger partial charge in [0, 0.05) is 10.5 Å². The number of aromatic hydroxyl groups is 1. The first-order valence-electron chi connectivity index (χ1n) is 4.42. The first-order valence-corrected chi connectivity index (χ1v) is 4.42. The molecule has 0 aliphatic rings. The highest BCUT2D eigenvalue weighted by Gasteiger charge is 2.22. The molecule has 2 atom stereocenters. The minimum Gasteiger partial charge on any atom is -0.505 e. The van der Waals surface area contributed by atoms with Crippen molar-refractivity contribution in [2.24, 2.45) is 5.11 Å². The largest absolute Gasteiger partial charge is 0.505 e. The van der Waals surface area contributed by atoms with Crippen LogP contribution in [0.1, 0.15) is 11.7 Å². The molecule has 0 spiro atoms. The predicted octanol–water partition coefficient (Wildman–Crippen LogP) is 1.24. The summed E-state index contributed by atoms with van der Waals surface area (Å²) in [7, 11) is 0. The number of hydrogen-bond donors (Lipinski definition) is 3. The van der Waals surface area contributed by atoms with Gasteiger partial charge in [0.2, 0.25) is 0 Å². The molecule has 0 heterocycles. The second-order valence-corrected chi connectivity index (χ2v) is 3.11. The lowest BCUT2D eigenvalue weighted by molar-refractivity contribution is 0.0220. The Morgan fingerprint density at radius 1 is 1.44 bits per heavy atom. The lowest BCUT2D eigenvalue weighted by Gasteiger charge is -2.17. The average molecular weight is 227 g/mol. The maximum atomic E-state index is 13.3. The number of aliphatic hydroxyl groups is 2. The Hall–Kier alpha value is -1.82. The van der Waals surface area contributed by atoms with E-state index in [9.17, 15) is 14.6 Å². The van der Waals surface area contributed by atoms with Gasteiger partial charge in [-0.1, -0.05) is 17.2 Å². The van der Waals surface area contributed by atoms with Crippen LogP contribution in [0.4, 0.5) is 4.39 Å². The fourth-order valence-electron chi connectivity index (χ4n) is 1.19. The van der Waals surface area contributed by atoms with Gasteiger partial charge in [0.1, 0.15) is 6.10 Å². The van der Waals surface area contributed by atoms with Gasteiger partial charge in [-0.3, -0.25) is 0 Å². The summed E-state index contributed by atoms with van der Waals surface area (Å²) < 4.78 is 13.3. The summed E-state index contributed by atoms with van der Waals surface area (Å²) in [4.78, 5) is 2.40. The van der Waals surface area contributed by atoms with E-state index in [-0.39, 0.29) is 12.1 Å². The van der Waals surface area contributed by atoms with E-state index in [4.69, 9.17) is 10.6 Å². The summed E-state index contributed by atoms with van der Waals surface area (Å²) in [6.45, 7) is -0.382. The monoisotopic (exact) mass is 227 g/mol. The number of nitrogens with zero attached hydrogens (tertiary/aromatic N) is 3. The Labute approximate surface area is 90.2 Å². The Kier molecular flexibility index (Phi) is 4.07. The molecule has 0 saturated carbocycles. The third kappa shape index (κ3) is 2.60. The quantitative estimate of drug-likeness (QED) is 0.408. The Morgan fingerprint density at radius 2 is 2.12 bits per heavy atom. The van der Waals surface area contributed by atoms with Gasteiger partial charge >= 0.3 is 0 Å². The van der Waals surface area contributed by atoms with Crippen LogP contribution in [0.5, 0.6) is 5.75 Å². The molecule has 0 aliphatic heterocycles. The maximum Gasteiger partial charge on any atom is 0.170 e. The van der Waals surface area contributed by atoms with Gasteiger partial charge in [-0.2, -0.15) is 0 Å². The van der Waals surface area contributed by atoms with E-state index in [0.717, 1.165) is 6.07 Å². The maximum absolute atomic E-state index is 13.3. The van der Waals surface area contributed by atoms with Crippen molar-refractivity contribution in [3.8, 4) is 5.75 Å². The fraction of sp³-hybridized carbons (Fsp3) is 0.333. The highest BCUT2D eigenvalue weighted by molar-refractivity contribution is 5.31. The van der Waals surface area contributed by atoms with Crippen LogP contribution in [-0.2, 0) is 0 Å². The molecule has 86 valence electrons. The minimum absolute atomic E-state index is 0.249. The van der Waals surface area contributed by atoms with E-state index >= 15 is 0 Å². The number of benzene rings is 1. The van der Waals surface area contributed by atoms with Crippen LogP contribution < -0.4 is 0 Å². The van der Waals surface area contributed by atoms with Crippen LogP contribution in [0.3, 0.4) is 0 Å². The van der Waals surface area contributed by atoms with Crippen molar-refractivity contribution in [1.29, 1.82) is 0 Å². The summed E-state index contributed by atoms with van der Waals surface area (Å²) >= 11 is 0. The van der Waals surface area contributed by atoms with E-state index in [1.807, 2.05) is 0 Å². The second-order valence-electron chi connectivity index (χ2n) is 3.11. The van der Waals surface area contributed by atoms with Crippen LogP contribution in [-0.4, -0.2) is 28.0 Å². The predicted molar refractivity (Wildman–Crippen MR) is 53.0 cm³/mol. The van der Waals surface area contributed by atoms with Crippen LogP contribution >= 0.6 is 0 Å². The molecule has 0 fully saturated rings. The smallest absolute Gasteiger partial charge is 0.170 e. The van der Waals surface area contributed by atoms with Gasteiger partial charge in [-0.05, 0) is 11.6 Å². The van der Waals surface area contributed by atoms with E-state index in [1.54, 1.807) is 0 Å². The number of phenolic OH excluding ortho intramolecular Hbond substituents is 1. The van der Waals surface area contributed by atoms with Gasteiger partial charge in [-0.15, -0.1) is 0 Å². The van der Waals surface area contributed by atoms with E-state index in [0.29, 0.717) is 0 Å². The molecule has 7 heteroatoms. The fourth-order valence-corrected chi connectivity index (χ4v) is 1.19. The Bertz CT molecular complexity index is 420. The summed E-state index contributed by atoms with van der Waals surface area (Å²) in [6, 6.07) is 3.67. The number of rotatable bonds is 4. The van der Waals surface area contributed by atoms with Gasteiger partial charge in [0.25, 0.3) is 0 Å². The molecule has 0 saturated heterocycles. The lowest BCUT2D eigenvalue weighted by atomic mass is 10.0. The van der Waals surface area contributed by atoms with Gasteiger partial charge in [0.05, 0.1) is 12.6 Å². The molecule has 6 nitrogen and oxygen atoms in total. The van der Waals surface area contributed by atoms with Crippen molar-refractivity contribution >= 4 is 0 Å². The number of phenols is 1. The number of aliphatic hydroxyl groups excluding tert-OH is 2. The van der Waals surface area contributed by atoms with E-state index in [1.165, 1.54) is 12.1 Å². The lowest BCUT2D eigenvalue weighted by Crippen LogP contribution is -2.22. The molecular formula is C9H10FN3O3. The normalized spacial score (nSPS) is 13.9. The van der Waals surface area contributed by atoms with E-state index in [2.05, 4.69) is 10.0 Å². The van der Waals surface area contributed by atoms with Crippen molar-refractivity contribution in [3.05, 3.63) is 40.0 Å². The van der Waals surface area contributed by atoms with Gasteiger partial charge in [-0.25, -0.2) is 4.39 Å². The summed E-state index contributed by atoms with van der Waals surface area (Å²) in [5, 5.41) is 31.0.